The highest BCUT2D eigenvalue weighted by atomic mass is 16.1. The van der Waals surface area contributed by atoms with Crippen LogP contribution in [0.15, 0.2) is 0 Å². The largest absolute Gasteiger partial charge is 0.300 e. The normalized spacial score (nSPS) is 8.92. The summed E-state index contributed by atoms with van der Waals surface area (Å²) in [6.07, 6.45) is 8.39. The molecular formula is C12H26O. The van der Waals surface area contributed by atoms with Crippen LogP contribution < -0.4 is 0 Å². The first-order valence-electron chi connectivity index (χ1n) is 5.74. The van der Waals surface area contributed by atoms with Crippen LogP contribution in [0.4, 0.5) is 0 Å². The second-order valence-corrected chi connectivity index (χ2v) is 3.31. The lowest BCUT2D eigenvalue weighted by molar-refractivity contribution is -0.118. The number of ketones is 1. The fraction of sp³-hybridized carbons (Fsp3) is 0.917. The van der Waals surface area contributed by atoms with Gasteiger partial charge < -0.3 is 0 Å². The summed E-state index contributed by atoms with van der Waals surface area (Å²) in [7, 11) is 0. The lowest BCUT2D eigenvalue weighted by Gasteiger charge is -1.90. The molecule has 0 aliphatic heterocycles. The molecule has 1 nitrogen and oxygen atoms in total. The summed E-state index contributed by atoms with van der Waals surface area (Å²) in [5.41, 5.74) is 0. The van der Waals surface area contributed by atoms with Crippen LogP contribution in [0, 0.1) is 0 Å². The average Bonchev–Trinajstić information content (AvgIpc) is 2.18. The van der Waals surface area contributed by atoms with E-state index in [9.17, 15) is 4.79 Å². The van der Waals surface area contributed by atoms with Crippen molar-refractivity contribution in [2.24, 2.45) is 0 Å². The first-order valence-corrected chi connectivity index (χ1v) is 5.74. The molecule has 13 heavy (non-hydrogen) atoms. The maximum Gasteiger partial charge on any atom is 0.132 e. The molecule has 0 amide bonds. The van der Waals surface area contributed by atoms with Gasteiger partial charge in [-0.15, -0.1) is 0 Å². The van der Waals surface area contributed by atoms with Crippen molar-refractivity contribution in [3.63, 3.8) is 0 Å². The zero-order valence-corrected chi connectivity index (χ0v) is 9.86. The zero-order valence-electron chi connectivity index (χ0n) is 9.86. The Hall–Kier alpha value is -0.330. The molecule has 80 valence electrons. The molecule has 0 heterocycles. The van der Waals surface area contributed by atoms with E-state index in [4.69, 9.17) is 0 Å². The molecule has 0 radical (unpaired) electrons. The van der Waals surface area contributed by atoms with Crippen molar-refractivity contribution < 1.29 is 4.79 Å². The lowest BCUT2D eigenvalue weighted by atomic mass is 10.2. The maximum atomic E-state index is 10.2. The Morgan fingerprint density at radius 2 is 1.15 bits per heavy atom. The Balaban J connectivity index is 0. The highest BCUT2D eigenvalue weighted by Gasteiger charge is 1.86. The summed E-state index contributed by atoms with van der Waals surface area (Å²) in [5.74, 6) is 0.343. The Morgan fingerprint density at radius 1 is 0.769 bits per heavy atom. The van der Waals surface area contributed by atoms with Crippen molar-refractivity contribution in [2.45, 2.75) is 72.6 Å². The van der Waals surface area contributed by atoms with Gasteiger partial charge in [0.1, 0.15) is 5.78 Å². The molecule has 0 unspecified atom stereocenters. The highest BCUT2D eigenvalue weighted by Crippen LogP contribution is 2.00. The van der Waals surface area contributed by atoms with Crippen LogP contribution >= 0.6 is 0 Å². The van der Waals surface area contributed by atoms with Crippen LogP contribution in [0.1, 0.15) is 72.6 Å². The molecule has 0 aromatic rings. The van der Waals surface area contributed by atoms with Gasteiger partial charge in [0, 0.05) is 12.8 Å². The maximum absolute atomic E-state index is 10.2. The Bertz CT molecular complexity index is 87.3. The summed E-state index contributed by atoms with van der Waals surface area (Å²) in [4.78, 5) is 10.2. The number of unbranched alkanes of at least 4 members (excludes halogenated alkanes) is 4. The molecule has 0 aromatic carbocycles. The van der Waals surface area contributed by atoms with E-state index in [1.807, 2.05) is 13.8 Å². The van der Waals surface area contributed by atoms with Crippen LogP contribution in [0.3, 0.4) is 0 Å². The molecule has 0 aliphatic rings. The number of carbonyl (C=O) groups is 1. The number of Topliss-reactive ketones (excluding diaryl/α,β-unsaturated/α-hetero) is 1. The van der Waals surface area contributed by atoms with Gasteiger partial charge in [-0.05, 0) is 0 Å². The minimum atomic E-state index is 0.343. The second-order valence-electron chi connectivity index (χ2n) is 3.31. The fourth-order valence-electron chi connectivity index (χ4n) is 0.927. The van der Waals surface area contributed by atoms with Gasteiger partial charge >= 0.3 is 0 Å². The van der Waals surface area contributed by atoms with Crippen LogP contribution in [-0.4, -0.2) is 5.78 Å². The number of hydrogen-bond acceptors (Lipinski definition) is 1. The predicted octanol–water partition coefficient (Wildman–Crippen LogP) is 4.35. The topological polar surface area (TPSA) is 17.1 Å². The molecule has 0 rings (SSSR count). The first kappa shape index (κ1) is 15.2. The van der Waals surface area contributed by atoms with Crippen molar-refractivity contribution in [3.05, 3.63) is 0 Å². The molecule has 0 aromatic heterocycles. The van der Waals surface area contributed by atoms with Crippen molar-refractivity contribution in [2.75, 3.05) is 0 Å². The predicted molar refractivity (Wildman–Crippen MR) is 60.0 cm³/mol. The molecule has 1 heteroatoms. The number of hydrogen-bond donors (Lipinski definition) is 0. The van der Waals surface area contributed by atoms with E-state index in [1.54, 1.807) is 0 Å². The van der Waals surface area contributed by atoms with Gasteiger partial charge in [0.2, 0.25) is 0 Å². The number of rotatable bonds is 6. The number of carbonyl (C=O) groups excluding carboxylic acids is 1. The average molecular weight is 186 g/mol. The molecule has 0 saturated heterocycles. The Morgan fingerprint density at radius 3 is 1.31 bits per heavy atom. The van der Waals surface area contributed by atoms with Gasteiger partial charge in [0.25, 0.3) is 0 Å². The zero-order chi connectivity index (χ0) is 10.5. The standard InChI is InChI=1S/C7H16.C5H10O/c1-3-5-7-6-4-2;1-3-5(6)4-2/h3-7H2,1-2H3;3-4H2,1-2H3. The van der Waals surface area contributed by atoms with E-state index >= 15 is 0 Å². The van der Waals surface area contributed by atoms with Gasteiger partial charge in [0.05, 0.1) is 0 Å². The van der Waals surface area contributed by atoms with Crippen molar-refractivity contribution in [1.82, 2.24) is 0 Å². The lowest BCUT2D eigenvalue weighted by Crippen LogP contribution is -1.88. The van der Waals surface area contributed by atoms with Gasteiger partial charge in [-0.25, -0.2) is 0 Å². The van der Waals surface area contributed by atoms with Gasteiger partial charge in [0.15, 0.2) is 0 Å². The molecule has 0 bridgehead atoms. The quantitative estimate of drug-likeness (QED) is 0.563. The van der Waals surface area contributed by atoms with Crippen LogP contribution in [-0.2, 0) is 4.79 Å². The van der Waals surface area contributed by atoms with E-state index in [0.717, 1.165) is 0 Å². The minimum Gasteiger partial charge on any atom is -0.300 e. The first-order chi connectivity index (χ1) is 6.22. The third kappa shape index (κ3) is 18.5. The van der Waals surface area contributed by atoms with Crippen molar-refractivity contribution in [1.29, 1.82) is 0 Å². The molecule has 0 N–H and O–H groups in total. The Kier molecular flexibility index (Phi) is 16.6. The fourth-order valence-corrected chi connectivity index (χ4v) is 0.927. The van der Waals surface area contributed by atoms with Gasteiger partial charge in [-0.1, -0.05) is 59.8 Å². The van der Waals surface area contributed by atoms with E-state index < -0.39 is 0 Å². The smallest absolute Gasteiger partial charge is 0.132 e. The summed E-state index contributed by atoms with van der Waals surface area (Å²) in [5, 5.41) is 0. The molecule has 0 fully saturated rings. The Labute approximate surface area is 83.9 Å². The molecule has 0 saturated carbocycles. The van der Waals surface area contributed by atoms with Crippen LogP contribution in [0.5, 0.6) is 0 Å². The monoisotopic (exact) mass is 186 g/mol. The summed E-state index contributed by atoms with van der Waals surface area (Å²) in [6, 6.07) is 0. The van der Waals surface area contributed by atoms with Crippen molar-refractivity contribution in [3.8, 4) is 0 Å². The highest BCUT2D eigenvalue weighted by molar-refractivity contribution is 5.77. The van der Waals surface area contributed by atoms with Crippen LogP contribution in [0.2, 0.25) is 0 Å². The summed E-state index contributed by atoms with van der Waals surface area (Å²) < 4.78 is 0. The SMILES string of the molecule is CCC(=O)CC.CCCCCCC. The van der Waals surface area contributed by atoms with Gasteiger partial charge in [-0.3, -0.25) is 4.79 Å². The van der Waals surface area contributed by atoms with E-state index in [1.165, 1.54) is 32.1 Å². The third-order valence-corrected chi connectivity index (χ3v) is 2.00. The van der Waals surface area contributed by atoms with Gasteiger partial charge in [-0.2, -0.15) is 0 Å². The van der Waals surface area contributed by atoms with Crippen LogP contribution in [0.25, 0.3) is 0 Å². The summed E-state index contributed by atoms with van der Waals surface area (Å²) >= 11 is 0. The molecule has 0 atom stereocenters. The van der Waals surface area contributed by atoms with Crippen molar-refractivity contribution >= 4 is 5.78 Å². The summed E-state index contributed by atoms with van der Waals surface area (Å²) in [6.45, 7) is 8.25. The van der Waals surface area contributed by atoms with E-state index in [-0.39, 0.29) is 0 Å². The van der Waals surface area contributed by atoms with E-state index in [2.05, 4.69) is 13.8 Å². The second kappa shape index (κ2) is 14.2. The third-order valence-electron chi connectivity index (χ3n) is 2.00. The molecule has 0 aliphatic carbocycles. The van der Waals surface area contributed by atoms with E-state index in [0.29, 0.717) is 18.6 Å². The molecule has 0 spiro atoms. The molecular weight excluding hydrogens is 160 g/mol. The minimum absolute atomic E-state index is 0.343.